The summed E-state index contributed by atoms with van der Waals surface area (Å²) in [6.45, 7) is 9.13. The van der Waals surface area contributed by atoms with Gasteiger partial charge in [0.05, 0.1) is 27.8 Å². The van der Waals surface area contributed by atoms with Crippen molar-refractivity contribution < 1.29 is 0 Å². The molecule has 0 spiro atoms. The summed E-state index contributed by atoms with van der Waals surface area (Å²) in [5, 5.41) is 4.99. The number of nitrogens with zero attached hydrogens (tertiary/aromatic N) is 3. The van der Waals surface area contributed by atoms with Crippen LogP contribution < -0.4 is 4.90 Å². The Morgan fingerprint density at radius 2 is 0.824 bits per heavy atom. The van der Waals surface area contributed by atoms with Gasteiger partial charge in [0.25, 0.3) is 0 Å². The fourth-order valence-corrected chi connectivity index (χ4v) is 12.2. The molecule has 13 aromatic rings. The molecule has 1 aliphatic carbocycles. The van der Waals surface area contributed by atoms with Gasteiger partial charge in [-0.15, -0.1) is 0 Å². The van der Waals surface area contributed by atoms with E-state index in [1.54, 1.807) is 0 Å². The predicted octanol–water partition coefficient (Wildman–Crippen LogP) is 19.3. The molecule has 0 saturated carbocycles. The van der Waals surface area contributed by atoms with Crippen LogP contribution >= 0.6 is 0 Å². The molecular formula is C71H53N3. The van der Waals surface area contributed by atoms with E-state index in [0.29, 0.717) is 0 Å². The zero-order valence-corrected chi connectivity index (χ0v) is 42.0. The standard InChI is InChI=1S/C71H53N3/c1-46-26-37-57(70(42-46)74-67-24-14-9-19-60(67)61-20-10-15-25-68(61)74)52-40-47(2)41-56(43-52)73-66-23-13-11-21-62(66)63-44-51(31-39-69(63)73)50-29-34-54(35-30-50)72(53-32-27-49(28-33-53)48-16-6-5-7-17-48)55-36-38-59-58-18-8-12-22-64(58)71(3,4)65(59)45-55/h5-45H,1-4H3. The summed E-state index contributed by atoms with van der Waals surface area (Å²) < 4.78 is 4.91. The van der Waals surface area contributed by atoms with Crippen molar-refractivity contribution in [1.29, 1.82) is 0 Å². The van der Waals surface area contributed by atoms with Gasteiger partial charge in [-0.2, -0.15) is 0 Å². The maximum atomic E-state index is 2.46. The second kappa shape index (κ2) is 17.0. The molecule has 0 atom stereocenters. The summed E-state index contributed by atoms with van der Waals surface area (Å²) in [5.74, 6) is 0. The van der Waals surface area contributed by atoms with Crippen LogP contribution in [-0.2, 0) is 5.41 Å². The molecule has 2 aromatic heterocycles. The van der Waals surface area contributed by atoms with Gasteiger partial charge in [0.1, 0.15) is 0 Å². The lowest BCUT2D eigenvalue weighted by atomic mass is 9.82. The Hall–Kier alpha value is -9.18. The molecule has 0 aliphatic heterocycles. The number of para-hydroxylation sites is 3. The third-order valence-corrected chi connectivity index (χ3v) is 15.8. The topological polar surface area (TPSA) is 13.1 Å². The predicted molar refractivity (Wildman–Crippen MR) is 313 cm³/mol. The van der Waals surface area contributed by atoms with Crippen LogP contribution in [0.15, 0.2) is 249 Å². The number of anilines is 3. The molecule has 0 saturated heterocycles. The molecule has 1 aliphatic rings. The van der Waals surface area contributed by atoms with Crippen LogP contribution in [0.25, 0.3) is 99.5 Å². The Morgan fingerprint density at radius 1 is 0.311 bits per heavy atom. The molecule has 3 heteroatoms. The fourth-order valence-electron chi connectivity index (χ4n) is 12.2. The van der Waals surface area contributed by atoms with Crippen molar-refractivity contribution in [2.24, 2.45) is 0 Å². The maximum absolute atomic E-state index is 2.46. The van der Waals surface area contributed by atoms with Crippen LogP contribution in [0.3, 0.4) is 0 Å². The first kappa shape index (κ1) is 43.6. The van der Waals surface area contributed by atoms with E-state index in [0.717, 1.165) is 22.7 Å². The Balaban J connectivity index is 0.856. The summed E-state index contributed by atoms with van der Waals surface area (Å²) in [6.07, 6.45) is 0. The number of hydrogen-bond donors (Lipinski definition) is 0. The van der Waals surface area contributed by atoms with E-state index in [-0.39, 0.29) is 5.41 Å². The van der Waals surface area contributed by atoms with Crippen molar-refractivity contribution in [2.45, 2.75) is 33.1 Å². The minimum atomic E-state index is -0.114. The summed E-state index contributed by atoms with van der Waals surface area (Å²) in [6, 6.07) is 92.1. The molecule has 2 heterocycles. The Labute approximate surface area is 432 Å². The van der Waals surface area contributed by atoms with Gasteiger partial charge in [-0.05, 0) is 160 Å². The molecule has 11 aromatic carbocycles. The summed E-state index contributed by atoms with van der Waals surface area (Å²) >= 11 is 0. The largest absolute Gasteiger partial charge is 0.310 e. The third kappa shape index (κ3) is 6.95. The van der Waals surface area contributed by atoms with Crippen molar-refractivity contribution >= 4 is 60.7 Å². The van der Waals surface area contributed by atoms with Crippen molar-refractivity contribution in [3.8, 4) is 55.9 Å². The highest BCUT2D eigenvalue weighted by atomic mass is 15.1. The van der Waals surface area contributed by atoms with Gasteiger partial charge >= 0.3 is 0 Å². The van der Waals surface area contributed by atoms with Crippen molar-refractivity contribution in [1.82, 2.24) is 9.13 Å². The smallest absolute Gasteiger partial charge is 0.0543 e. The molecule has 14 rings (SSSR count). The van der Waals surface area contributed by atoms with E-state index in [1.807, 2.05) is 0 Å². The van der Waals surface area contributed by atoms with Gasteiger partial charge in [0, 0.05) is 55.3 Å². The molecule has 0 bridgehead atoms. The molecule has 3 nitrogen and oxygen atoms in total. The highest BCUT2D eigenvalue weighted by Gasteiger charge is 2.36. The SMILES string of the molecule is Cc1cc(-c2ccc(C)cc2-n2c3ccccc3c3ccccc32)cc(-n2c3ccccc3c3cc(-c4ccc(N(c5ccc(-c6ccccc6)cc5)c5ccc6c(c5)C(C)(C)c5ccccc5-6)cc4)ccc32)c1. The first-order chi connectivity index (χ1) is 36.3. The number of hydrogen-bond acceptors (Lipinski definition) is 1. The lowest BCUT2D eigenvalue weighted by Gasteiger charge is -2.28. The molecule has 0 fully saturated rings. The first-order valence-corrected chi connectivity index (χ1v) is 25.8. The van der Waals surface area contributed by atoms with Crippen molar-refractivity contribution in [3.05, 3.63) is 271 Å². The Bertz CT molecular complexity index is 4290. The zero-order valence-electron chi connectivity index (χ0n) is 42.0. The van der Waals surface area contributed by atoms with Gasteiger partial charge in [0.2, 0.25) is 0 Å². The average Bonchev–Trinajstić information content (AvgIpc) is 4.04. The lowest BCUT2D eigenvalue weighted by Crippen LogP contribution is -2.16. The van der Waals surface area contributed by atoms with Crippen LogP contribution in [-0.4, -0.2) is 9.13 Å². The number of benzene rings is 11. The van der Waals surface area contributed by atoms with Crippen LogP contribution in [0.5, 0.6) is 0 Å². The van der Waals surface area contributed by atoms with Crippen LogP contribution in [0.1, 0.15) is 36.1 Å². The van der Waals surface area contributed by atoms with Crippen LogP contribution in [0.2, 0.25) is 0 Å². The monoisotopic (exact) mass is 947 g/mol. The number of aromatic nitrogens is 2. The van der Waals surface area contributed by atoms with Crippen molar-refractivity contribution in [2.75, 3.05) is 4.90 Å². The van der Waals surface area contributed by atoms with Gasteiger partial charge in [-0.25, -0.2) is 0 Å². The minimum absolute atomic E-state index is 0.114. The molecule has 74 heavy (non-hydrogen) atoms. The second-order valence-electron chi connectivity index (χ2n) is 20.7. The normalized spacial score (nSPS) is 12.7. The van der Waals surface area contributed by atoms with E-state index in [1.165, 1.54) is 116 Å². The van der Waals surface area contributed by atoms with Gasteiger partial charge in [-0.1, -0.05) is 178 Å². The molecule has 0 N–H and O–H groups in total. The molecular weight excluding hydrogens is 895 g/mol. The fraction of sp³-hybridized carbons (Fsp3) is 0.0704. The van der Waals surface area contributed by atoms with Gasteiger partial charge < -0.3 is 14.0 Å². The lowest BCUT2D eigenvalue weighted by molar-refractivity contribution is 0.660. The third-order valence-electron chi connectivity index (χ3n) is 15.8. The van der Waals surface area contributed by atoms with Crippen LogP contribution in [0.4, 0.5) is 17.1 Å². The number of aryl methyl sites for hydroxylation is 2. The van der Waals surface area contributed by atoms with E-state index < -0.39 is 0 Å². The quantitative estimate of drug-likeness (QED) is 0.148. The Kier molecular flexibility index (Phi) is 10.00. The average molecular weight is 948 g/mol. The maximum Gasteiger partial charge on any atom is 0.0543 e. The van der Waals surface area contributed by atoms with Crippen LogP contribution in [0, 0.1) is 13.8 Å². The van der Waals surface area contributed by atoms with Gasteiger partial charge in [0.15, 0.2) is 0 Å². The molecule has 0 radical (unpaired) electrons. The highest BCUT2D eigenvalue weighted by Crippen LogP contribution is 2.51. The Morgan fingerprint density at radius 3 is 1.51 bits per heavy atom. The highest BCUT2D eigenvalue weighted by molar-refractivity contribution is 6.11. The minimum Gasteiger partial charge on any atom is -0.310 e. The van der Waals surface area contributed by atoms with E-state index >= 15 is 0 Å². The zero-order chi connectivity index (χ0) is 49.7. The molecule has 0 amide bonds. The van der Waals surface area contributed by atoms with E-state index in [4.69, 9.17) is 0 Å². The van der Waals surface area contributed by atoms with E-state index in [9.17, 15) is 0 Å². The molecule has 352 valence electrons. The van der Waals surface area contributed by atoms with Gasteiger partial charge in [-0.3, -0.25) is 0 Å². The molecule has 0 unspecified atom stereocenters. The summed E-state index contributed by atoms with van der Waals surface area (Å²) in [4.78, 5) is 2.41. The van der Waals surface area contributed by atoms with E-state index in [2.05, 4.69) is 290 Å². The van der Waals surface area contributed by atoms with Crippen molar-refractivity contribution in [3.63, 3.8) is 0 Å². The number of fused-ring (bicyclic) bond motifs is 9. The summed E-state index contributed by atoms with van der Waals surface area (Å²) in [7, 11) is 0. The summed E-state index contributed by atoms with van der Waals surface area (Å²) in [5.41, 5.74) is 25.4. The second-order valence-corrected chi connectivity index (χ2v) is 20.7. The number of rotatable bonds is 8. The first-order valence-electron chi connectivity index (χ1n) is 25.8.